The number of hydrogen-bond acceptors (Lipinski definition) is 4. The topological polar surface area (TPSA) is 70.6 Å². The van der Waals surface area contributed by atoms with Crippen LogP contribution in [0.15, 0.2) is 12.1 Å². The molecule has 110 valence electrons. The average molecular weight is 299 g/mol. The van der Waals surface area contributed by atoms with Crippen LogP contribution < -0.4 is 15.4 Å². The van der Waals surface area contributed by atoms with Gasteiger partial charge >= 0.3 is 0 Å². The summed E-state index contributed by atoms with van der Waals surface area (Å²) in [6.45, 7) is 4.75. The van der Waals surface area contributed by atoms with Gasteiger partial charge in [0.2, 0.25) is 0 Å². The quantitative estimate of drug-likeness (QED) is 0.781. The first kappa shape index (κ1) is 14.9. The summed E-state index contributed by atoms with van der Waals surface area (Å²) in [4.78, 5) is 11.2. The zero-order valence-electron chi connectivity index (χ0n) is 11.6. The molecule has 0 saturated carbocycles. The molecule has 1 unspecified atom stereocenters. The number of carbonyl (C=O) groups excluding carboxylic acids is 1. The number of aliphatic hydroxyl groups excluding tert-OH is 1. The van der Waals surface area contributed by atoms with Gasteiger partial charge in [0, 0.05) is 18.0 Å². The Morgan fingerprint density at radius 3 is 2.95 bits per heavy atom. The first-order chi connectivity index (χ1) is 9.47. The van der Waals surface area contributed by atoms with E-state index in [1.165, 1.54) is 0 Å². The molecule has 2 rings (SSSR count). The monoisotopic (exact) mass is 298 g/mol. The number of rotatable bonds is 5. The van der Waals surface area contributed by atoms with E-state index in [1.807, 2.05) is 13.8 Å². The number of fused-ring (bicyclic) bond motifs is 1. The minimum absolute atomic E-state index is 0.0113. The maximum atomic E-state index is 11.2. The second-order valence-electron chi connectivity index (χ2n) is 5.34. The highest BCUT2D eigenvalue weighted by Gasteiger charge is 2.22. The van der Waals surface area contributed by atoms with Crippen molar-refractivity contribution in [1.29, 1.82) is 0 Å². The molecule has 0 aliphatic carbocycles. The summed E-state index contributed by atoms with van der Waals surface area (Å²) in [6.07, 6.45) is 0.853. The molecule has 1 atom stereocenters. The number of amides is 1. The second-order valence-corrected chi connectivity index (χ2v) is 5.75. The van der Waals surface area contributed by atoms with E-state index in [0.717, 1.165) is 12.1 Å². The third-order valence-electron chi connectivity index (χ3n) is 3.64. The van der Waals surface area contributed by atoms with Crippen LogP contribution in [0.4, 0.5) is 11.4 Å². The number of aliphatic hydroxyl groups is 1. The molecule has 1 aliphatic heterocycles. The summed E-state index contributed by atoms with van der Waals surface area (Å²) < 4.78 is 5.36. The number of anilines is 2. The molecule has 1 aromatic rings. The van der Waals surface area contributed by atoms with Crippen molar-refractivity contribution in [1.82, 2.24) is 0 Å². The fourth-order valence-corrected chi connectivity index (χ4v) is 2.07. The fourth-order valence-electron chi connectivity index (χ4n) is 1.84. The standard InChI is InChI=1S/C14H19ClN2O3/c1-3-14(2,8-18)7-16-10-5-12-11(4-9(10)15)17-13(19)6-20-12/h4-5,16,18H,3,6-8H2,1-2H3,(H,17,19). The van der Waals surface area contributed by atoms with Gasteiger partial charge in [-0.05, 0) is 12.5 Å². The van der Waals surface area contributed by atoms with Gasteiger partial charge in [-0.2, -0.15) is 0 Å². The molecule has 0 saturated heterocycles. The number of halogens is 1. The van der Waals surface area contributed by atoms with Crippen molar-refractivity contribution in [2.45, 2.75) is 20.3 Å². The fraction of sp³-hybridized carbons (Fsp3) is 0.500. The summed E-state index contributed by atoms with van der Waals surface area (Å²) in [5.74, 6) is 0.409. The van der Waals surface area contributed by atoms with Gasteiger partial charge in [-0.15, -0.1) is 0 Å². The lowest BCUT2D eigenvalue weighted by Gasteiger charge is -2.27. The van der Waals surface area contributed by atoms with Crippen LogP contribution in [-0.2, 0) is 4.79 Å². The van der Waals surface area contributed by atoms with E-state index >= 15 is 0 Å². The van der Waals surface area contributed by atoms with Gasteiger partial charge in [0.05, 0.1) is 23.0 Å². The van der Waals surface area contributed by atoms with Crippen LogP contribution >= 0.6 is 11.6 Å². The molecule has 1 aliphatic rings. The Morgan fingerprint density at radius 1 is 1.55 bits per heavy atom. The molecule has 0 fully saturated rings. The van der Waals surface area contributed by atoms with E-state index in [1.54, 1.807) is 12.1 Å². The Morgan fingerprint density at radius 2 is 2.30 bits per heavy atom. The Balaban J connectivity index is 2.15. The predicted octanol–water partition coefficient (Wildman–Crippen LogP) is 2.49. The van der Waals surface area contributed by atoms with Crippen LogP contribution in [0.5, 0.6) is 5.75 Å². The van der Waals surface area contributed by atoms with Crippen LogP contribution in [0.25, 0.3) is 0 Å². The molecule has 3 N–H and O–H groups in total. The number of carbonyl (C=O) groups is 1. The third-order valence-corrected chi connectivity index (χ3v) is 3.96. The van der Waals surface area contributed by atoms with E-state index in [0.29, 0.717) is 23.0 Å². The number of hydrogen-bond donors (Lipinski definition) is 3. The predicted molar refractivity (Wildman–Crippen MR) is 79.6 cm³/mol. The van der Waals surface area contributed by atoms with E-state index < -0.39 is 0 Å². The van der Waals surface area contributed by atoms with Crippen LogP contribution in [0.1, 0.15) is 20.3 Å². The Bertz CT molecular complexity index is 515. The number of benzene rings is 1. The van der Waals surface area contributed by atoms with Crippen molar-refractivity contribution in [3.63, 3.8) is 0 Å². The molecule has 0 bridgehead atoms. The van der Waals surface area contributed by atoms with Gasteiger partial charge in [0.25, 0.3) is 5.91 Å². The first-order valence-electron chi connectivity index (χ1n) is 6.58. The molecule has 0 spiro atoms. The van der Waals surface area contributed by atoms with E-state index in [-0.39, 0.29) is 24.5 Å². The number of ether oxygens (including phenoxy) is 1. The minimum Gasteiger partial charge on any atom is -0.482 e. The van der Waals surface area contributed by atoms with Gasteiger partial charge in [0.1, 0.15) is 5.75 Å². The van der Waals surface area contributed by atoms with Crippen LogP contribution in [0.2, 0.25) is 5.02 Å². The lowest BCUT2D eigenvalue weighted by Crippen LogP contribution is -2.30. The van der Waals surface area contributed by atoms with Crippen molar-refractivity contribution in [2.75, 3.05) is 30.4 Å². The summed E-state index contributed by atoms with van der Waals surface area (Å²) in [6, 6.07) is 3.43. The van der Waals surface area contributed by atoms with Gasteiger partial charge < -0.3 is 20.5 Å². The van der Waals surface area contributed by atoms with E-state index in [9.17, 15) is 9.90 Å². The Labute approximate surface area is 123 Å². The number of nitrogens with one attached hydrogen (secondary N) is 2. The van der Waals surface area contributed by atoms with Crippen molar-refractivity contribution < 1.29 is 14.6 Å². The molecular weight excluding hydrogens is 280 g/mol. The van der Waals surface area contributed by atoms with E-state index in [4.69, 9.17) is 16.3 Å². The second kappa shape index (κ2) is 5.89. The minimum atomic E-state index is -0.200. The summed E-state index contributed by atoms with van der Waals surface area (Å²) in [7, 11) is 0. The van der Waals surface area contributed by atoms with Gasteiger partial charge in [0.15, 0.2) is 6.61 Å². The molecule has 20 heavy (non-hydrogen) atoms. The molecule has 1 heterocycles. The Kier molecular flexibility index (Phi) is 4.40. The average Bonchev–Trinajstić information content (AvgIpc) is 2.44. The largest absolute Gasteiger partial charge is 0.482 e. The molecule has 5 nitrogen and oxygen atoms in total. The SMILES string of the molecule is CCC(C)(CO)CNc1cc2c(cc1Cl)NC(=O)CO2. The highest BCUT2D eigenvalue weighted by molar-refractivity contribution is 6.33. The molecule has 6 heteroatoms. The smallest absolute Gasteiger partial charge is 0.262 e. The zero-order valence-corrected chi connectivity index (χ0v) is 12.4. The molecule has 1 amide bonds. The van der Waals surface area contributed by atoms with Crippen molar-refractivity contribution in [3.8, 4) is 5.75 Å². The zero-order chi connectivity index (χ0) is 14.8. The molecule has 0 aromatic heterocycles. The van der Waals surface area contributed by atoms with Gasteiger partial charge in [-0.3, -0.25) is 4.79 Å². The summed E-state index contributed by atoms with van der Waals surface area (Å²) in [5, 5.41) is 15.9. The summed E-state index contributed by atoms with van der Waals surface area (Å²) >= 11 is 6.19. The molecule has 0 radical (unpaired) electrons. The maximum Gasteiger partial charge on any atom is 0.262 e. The van der Waals surface area contributed by atoms with Crippen LogP contribution in [-0.4, -0.2) is 30.8 Å². The van der Waals surface area contributed by atoms with Crippen molar-refractivity contribution in [3.05, 3.63) is 17.2 Å². The normalized spacial score (nSPS) is 16.7. The Hall–Kier alpha value is -1.46. The third kappa shape index (κ3) is 3.16. The van der Waals surface area contributed by atoms with Crippen LogP contribution in [0, 0.1) is 5.41 Å². The molecular formula is C14H19ClN2O3. The van der Waals surface area contributed by atoms with Crippen molar-refractivity contribution >= 4 is 28.9 Å². The van der Waals surface area contributed by atoms with E-state index in [2.05, 4.69) is 10.6 Å². The highest BCUT2D eigenvalue weighted by atomic mass is 35.5. The van der Waals surface area contributed by atoms with Crippen molar-refractivity contribution in [2.24, 2.45) is 5.41 Å². The highest BCUT2D eigenvalue weighted by Crippen LogP contribution is 2.36. The van der Waals surface area contributed by atoms with Gasteiger partial charge in [-0.1, -0.05) is 25.4 Å². The lowest BCUT2D eigenvalue weighted by atomic mass is 9.88. The van der Waals surface area contributed by atoms with Crippen LogP contribution in [0.3, 0.4) is 0 Å². The molecule has 1 aromatic carbocycles. The summed E-state index contributed by atoms with van der Waals surface area (Å²) in [5.41, 5.74) is 1.11. The first-order valence-corrected chi connectivity index (χ1v) is 6.96. The maximum absolute atomic E-state index is 11.2. The lowest BCUT2D eigenvalue weighted by molar-refractivity contribution is -0.118. The van der Waals surface area contributed by atoms with Gasteiger partial charge in [-0.25, -0.2) is 0 Å².